The molecule has 0 aliphatic rings. The van der Waals surface area contributed by atoms with E-state index < -0.39 is 6.10 Å². The van der Waals surface area contributed by atoms with Gasteiger partial charge >= 0.3 is 0 Å². The quantitative estimate of drug-likeness (QED) is 0.687. The van der Waals surface area contributed by atoms with E-state index in [1.807, 2.05) is 0 Å². The van der Waals surface area contributed by atoms with E-state index in [0.29, 0.717) is 11.3 Å². The number of benzene rings is 1. The third-order valence-corrected chi connectivity index (χ3v) is 1.58. The summed E-state index contributed by atoms with van der Waals surface area (Å²) in [5.74, 6) is 5.29. The van der Waals surface area contributed by atoms with Crippen molar-refractivity contribution in [1.29, 1.82) is 0 Å². The molecule has 3 heteroatoms. The molecule has 1 unspecified atom stereocenters. The molecular weight excluding hydrogens is 183 g/mol. The highest BCUT2D eigenvalue weighted by Gasteiger charge is 2.01. The Balaban J connectivity index is 3.07. The van der Waals surface area contributed by atoms with Gasteiger partial charge in [0.05, 0.1) is 12.7 Å². The van der Waals surface area contributed by atoms with Gasteiger partial charge in [0.2, 0.25) is 0 Å². The first-order valence-corrected chi connectivity index (χ1v) is 4.16. The van der Waals surface area contributed by atoms with E-state index in [0.717, 1.165) is 0 Å². The fraction of sp³-hybridized carbons (Fsp3) is 0.273. The van der Waals surface area contributed by atoms with E-state index in [1.54, 1.807) is 6.92 Å². The van der Waals surface area contributed by atoms with Crippen LogP contribution in [0.2, 0.25) is 0 Å². The molecule has 14 heavy (non-hydrogen) atoms. The zero-order valence-electron chi connectivity index (χ0n) is 8.04. The minimum absolute atomic E-state index is 0.374. The number of halogens is 1. The van der Waals surface area contributed by atoms with Gasteiger partial charge in [-0.25, -0.2) is 4.39 Å². The van der Waals surface area contributed by atoms with Crippen molar-refractivity contribution in [2.75, 3.05) is 7.11 Å². The Morgan fingerprint density at radius 2 is 2.21 bits per heavy atom. The molecule has 0 aliphatic carbocycles. The van der Waals surface area contributed by atoms with Crippen molar-refractivity contribution in [3.63, 3.8) is 0 Å². The van der Waals surface area contributed by atoms with Crippen molar-refractivity contribution in [3.05, 3.63) is 29.6 Å². The van der Waals surface area contributed by atoms with Gasteiger partial charge in [0, 0.05) is 0 Å². The van der Waals surface area contributed by atoms with E-state index in [-0.39, 0.29) is 5.82 Å². The highest BCUT2D eigenvalue weighted by atomic mass is 19.1. The van der Waals surface area contributed by atoms with Gasteiger partial charge in [-0.2, -0.15) is 0 Å². The zero-order valence-corrected chi connectivity index (χ0v) is 8.04. The summed E-state index contributed by atoms with van der Waals surface area (Å²) in [4.78, 5) is 0. The fourth-order valence-electron chi connectivity index (χ4n) is 0.960. The summed E-state index contributed by atoms with van der Waals surface area (Å²) in [5, 5.41) is 8.94. The van der Waals surface area contributed by atoms with Crippen LogP contribution in [0.25, 0.3) is 0 Å². The highest BCUT2D eigenvalue weighted by molar-refractivity contribution is 5.46. The van der Waals surface area contributed by atoms with Crippen LogP contribution in [0.4, 0.5) is 4.39 Å². The first-order valence-electron chi connectivity index (χ1n) is 4.16. The summed E-state index contributed by atoms with van der Waals surface area (Å²) in [6.45, 7) is 1.54. The standard InChI is InChI=1S/C11H11FO2/c1-8(13)3-4-9-7-10(12)5-6-11(9)14-2/h5-8,13H,1-2H3. The van der Waals surface area contributed by atoms with Crippen LogP contribution in [-0.2, 0) is 0 Å². The van der Waals surface area contributed by atoms with Crippen LogP contribution in [-0.4, -0.2) is 18.3 Å². The molecule has 0 fully saturated rings. The lowest BCUT2D eigenvalue weighted by atomic mass is 10.2. The molecule has 0 aliphatic heterocycles. The zero-order chi connectivity index (χ0) is 10.6. The molecule has 0 saturated carbocycles. The van der Waals surface area contributed by atoms with E-state index in [2.05, 4.69) is 11.8 Å². The molecule has 0 radical (unpaired) electrons. The lowest BCUT2D eigenvalue weighted by Gasteiger charge is -2.02. The van der Waals surface area contributed by atoms with E-state index in [4.69, 9.17) is 9.84 Å². The Labute approximate surface area is 82.3 Å². The largest absolute Gasteiger partial charge is 0.495 e. The Kier molecular flexibility index (Phi) is 3.49. The van der Waals surface area contributed by atoms with Gasteiger partial charge < -0.3 is 9.84 Å². The molecule has 0 amide bonds. The number of hydrogen-bond donors (Lipinski definition) is 1. The predicted molar refractivity (Wildman–Crippen MR) is 51.5 cm³/mol. The van der Waals surface area contributed by atoms with Gasteiger partial charge in [-0.1, -0.05) is 11.8 Å². The maximum atomic E-state index is 12.8. The van der Waals surface area contributed by atoms with Crippen LogP contribution in [0, 0.1) is 17.7 Å². The molecule has 1 aromatic carbocycles. The van der Waals surface area contributed by atoms with Crippen LogP contribution < -0.4 is 4.74 Å². The predicted octanol–water partition coefficient (Wildman–Crippen LogP) is 1.57. The Hall–Kier alpha value is -1.53. The van der Waals surface area contributed by atoms with Crippen molar-refractivity contribution < 1.29 is 14.2 Å². The van der Waals surface area contributed by atoms with Gasteiger partial charge in [0.25, 0.3) is 0 Å². The van der Waals surface area contributed by atoms with E-state index in [1.165, 1.54) is 25.3 Å². The maximum absolute atomic E-state index is 12.8. The SMILES string of the molecule is COc1ccc(F)cc1C#CC(C)O. The molecule has 2 nitrogen and oxygen atoms in total. The first kappa shape index (κ1) is 10.6. The molecule has 1 atom stereocenters. The number of hydrogen-bond acceptors (Lipinski definition) is 2. The average molecular weight is 194 g/mol. The number of rotatable bonds is 1. The Morgan fingerprint density at radius 3 is 2.79 bits per heavy atom. The average Bonchev–Trinajstić information content (AvgIpc) is 2.15. The second kappa shape index (κ2) is 4.64. The minimum atomic E-state index is -0.733. The van der Waals surface area contributed by atoms with Gasteiger partial charge in [-0.05, 0) is 25.1 Å². The van der Waals surface area contributed by atoms with Crippen molar-refractivity contribution >= 4 is 0 Å². The number of ether oxygens (including phenoxy) is 1. The van der Waals surface area contributed by atoms with Crippen molar-refractivity contribution in [1.82, 2.24) is 0 Å². The molecular formula is C11H11FO2. The lowest BCUT2D eigenvalue weighted by Crippen LogP contribution is -1.94. The second-order valence-corrected chi connectivity index (χ2v) is 2.79. The van der Waals surface area contributed by atoms with Crippen LogP contribution in [0.5, 0.6) is 5.75 Å². The highest BCUT2D eigenvalue weighted by Crippen LogP contribution is 2.17. The van der Waals surface area contributed by atoms with Crippen molar-refractivity contribution in [2.24, 2.45) is 0 Å². The lowest BCUT2D eigenvalue weighted by molar-refractivity contribution is 0.253. The first-order chi connectivity index (χ1) is 6.63. The Morgan fingerprint density at radius 1 is 1.50 bits per heavy atom. The van der Waals surface area contributed by atoms with Crippen LogP contribution in [0.3, 0.4) is 0 Å². The number of aliphatic hydroxyl groups is 1. The molecule has 0 aromatic heterocycles. The summed E-state index contributed by atoms with van der Waals surface area (Å²) in [5.41, 5.74) is 0.438. The molecule has 0 spiro atoms. The summed E-state index contributed by atoms with van der Waals surface area (Å²) in [6.07, 6.45) is -0.733. The van der Waals surface area contributed by atoms with E-state index >= 15 is 0 Å². The molecule has 1 rings (SSSR count). The molecule has 0 bridgehead atoms. The van der Waals surface area contributed by atoms with Gasteiger partial charge in [-0.15, -0.1) is 0 Å². The topological polar surface area (TPSA) is 29.5 Å². The fourth-order valence-corrected chi connectivity index (χ4v) is 0.960. The summed E-state index contributed by atoms with van der Waals surface area (Å²) in [6, 6.07) is 4.07. The monoisotopic (exact) mass is 194 g/mol. The normalized spacial score (nSPS) is 11.4. The Bertz CT molecular complexity index is 375. The third kappa shape index (κ3) is 2.75. The van der Waals surface area contributed by atoms with Gasteiger partial charge in [0.15, 0.2) is 0 Å². The minimum Gasteiger partial charge on any atom is -0.495 e. The number of aliphatic hydroxyl groups excluding tert-OH is 1. The van der Waals surface area contributed by atoms with Crippen LogP contribution >= 0.6 is 0 Å². The van der Waals surface area contributed by atoms with Gasteiger partial charge in [-0.3, -0.25) is 0 Å². The molecule has 0 heterocycles. The van der Waals surface area contributed by atoms with Crippen LogP contribution in [0.15, 0.2) is 18.2 Å². The third-order valence-electron chi connectivity index (χ3n) is 1.58. The summed E-state index contributed by atoms with van der Waals surface area (Å²) >= 11 is 0. The summed E-state index contributed by atoms with van der Waals surface area (Å²) in [7, 11) is 1.49. The van der Waals surface area contributed by atoms with Crippen molar-refractivity contribution in [3.8, 4) is 17.6 Å². The molecule has 74 valence electrons. The van der Waals surface area contributed by atoms with E-state index in [9.17, 15) is 4.39 Å². The van der Waals surface area contributed by atoms with Crippen molar-refractivity contribution in [2.45, 2.75) is 13.0 Å². The molecule has 1 aromatic rings. The maximum Gasteiger partial charge on any atom is 0.134 e. The smallest absolute Gasteiger partial charge is 0.134 e. The second-order valence-electron chi connectivity index (χ2n) is 2.79. The molecule has 0 saturated heterocycles. The number of methoxy groups -OCH3 is 1. The summed E-state index contributed by atoms with van der Waals surface area (Å²) < 4.78 is 17.8. The van der Waals surface area contributed by atoms with Gasteiger partial charge in [0.1, 0.15) is 17.7 Å². The van der Waals surface area contributed by atoms with Crippen LogP contribution in [0.1, 0.15) is 12.5 Å². The molecule has 1 N–H and O–H groups in total.